The number of halogens is 3. The molecule has 0 amide bonds. The second kappa shape index (κ2) is 5.68. The summed E-state index contributed by atoms with van der Waals surface area (Å²) in [4.78, 5) is 0. The molecule has 0 fully saturated rings. The summed E-state index contributed by atoms with van der Waals surface area (Å²) in [5.74, 6) is 0.918. The molecule has 0 unspecified atom stereocenters. The van der Waals surface area contributed by atoms with E-state index in [1.54, 1.807) is 12.1 Å². The van der Waals surface area contributed by atoms with Crippen LogP contribution in [-0.4, -0.2) is 0 Å². The van der Waals surface area contributed by atoms with Crippen molar-refractivity contribution in [2.24, 2.45) is 0 Å². The molecule has 0 saturated carbocycles. The fourth-order valence-electron chi connectivity index (χ4n) is 1.90. The molecule has 0 radical (unpaired) electrons. The first kappa shape index (κ1) is 15.2. The molecule has 0 aliphatic heterocycles. The Hall–Kier alpha value is -2.17. The molecule has 0 aromatic heterocycles. The Balaban J connectivity index is 2.25. The third-order valence-electron chi connectivity index (χ3n) is 3.04. The molecular formula is C16H16F3NO. The molecule has 2 rings (SSSR count). The molecule has 112 valence electrons. The van der Waals surface area contributed by atoms with E-state index in [-0.39, 0.29) is 11.4 Å². The van der Waals surface area contributed by atoms with Gasteiger partial charge in [0.05, 0.1) is 5.56 Å². The van der Waals surface area contributed by atoms with Crippen molar-refractivity contribution in [3.63, 3.8) is 0 Å². The normalized spacial score (nSPS) is 11.7. The summed E-state index contributed by atoms with van der Waals surface area (Å²) in [5.41, 5.74) is 5.81. The monoisotopic (exact) mass is 295 g/mol. The van der Waals surface area contributed by atoms with E-state index in [0.717, 1.165) is 17.7 Å². The maximum Gasteiger partial charge on any atom is 0.416 e. The van der Waals surface area contributed by atoms with Crippen LogP contribution in [-0.2, 0) is 6.18 Å². The first-order valence-electron chi connectivity index (χ1n) is 6.51. The molecule has 21 heavy (non-hydrogen) atoms. The van der Waals surface area contributed by atoms with Gasteiger partial charge in [-0.15, -0.1) is 0 Å². The lowest BCUT2D eigenvalue weighted by atomic mass is 10.0. The molecule has 2 aromatic rings. The zero-order valence-electron chi connectivity index (χ0n) is 11.7. The Kier molecular flexibility index (Phi) is 4.11. The lowest BCUT2D eigenvalue weighted by Gasteiger charge is -2.12. The Morgan fingerprint density at radius 2 is 1.57 bits per heavy atom. The summed E-state index contributed by atoms with van der Waals surface area (Å²) < 4.78 is 43.6. The lowest BCUT2D eigenvalue weighted by Crippen LogP contribution is -2.06. The van der Waals surface area contributed by atoms with Crippen molar-refractivity contribution in [3.8, 4) is 11.5 Å². The maximum atomic E-state index is 12.7. The van der Waals surface area contributed by atoms with Gasteiger partial charge in [-0.1, -0.05) is 26.0 Å². The Morgan fingerprint density at radius 1 is 0.952 bits per heavy atom. The van der Waals surface area contributed by atoms with E-state index in [9.17, 15) is 13.2 Å². The predicted molar refractivity (Wildman–Crippen MR) is 76.5 cm³/mol. The van der Waals surface area contributed by atoms with Crippen LogP contribution in [0.4, 0.5) is 18.9 Å². The number of nitrogens with two attached hydrogens (primary N) is 1. The van der Waals surface area contributed by atoms with E-state index in [2.05, 4.69) is 13.8 Å². The van der Waals surface area contributed by atoms with Gasteiger partial charge >= 0.3 is 6.18 Å². The van der Waals surface area contributed by atoms with Crippen LogP contribution in [0.2, 0.25) is 0 Å². The van der Waals surface area contributed by atoms with Crippen molar-refractivity contribution in [2.75, 3.05) is 5.73 Å². The standard InChI is InChI=1S/C16H16F3NO/c1-10(2)11-3-5-14(6-4-11)21-15-8-12(16(17,18)19)7-13(20)9-15/h3-10H,20H2,1-2H3. The van der Waals surface area contributed by atoms with Gasteiger partial charge in [0.1, 0.15) is 11.5 Å². The number of ether oxygens (including phenoxy) is 1. The molecule has 0 aliphatic rings. The van der Waals surface area contributed by atoms with Gasteiger partial charge in [-0.25, -0.2) is 0 Å². The van der Waals surface area contributed by atoms with Gasteiger partial charge < -0.3 is 10.5 Å². The van der Waals surface area contributed by atoms with E-state index < -0.39 is 11.7 Å². The minimum atomic E-state index is -4.45. The Bertz CT molecular complexity index is 618. The van der Waals surface area contributed by atoms with E-state index in [0.29, 0.717) is 11.7 Å². The van der Waals surface area contributed by atoms with Crippen molar-refractivity contribution in [3.05, 3.63) is 53.6 Å². The largest absolute Gasteiger partial charge is 0.457 e. The zero-order chi connectivity index (χ0) is 15.6. The minimum absolute atomic E-state index is 0.0126. The molecule has 0 saturated heterocycles. The summed E-state index contributed by atoms with van der Waals surface area (Å²) in [6.07, 6.45) is -4.45. The van der Waals surface area contributed by atoms with Crippen LogP contribution >= 0.6 is 0 Å². The third kappa shape index (κ3) is 3.90. The van der Waals surface area contributed by atoms with Crippen LogP contribution in [0.5, 0.6) is 11.5 Å². The average Bonchev–Trinajstić information content (AvgIpc) is 2.37. The summed E-state index contributed by atoms with van der Waals surface area (Å²) >= 11 is 0. The molecule has 0 bridgehead atoms. The number of hydrogen-bond donors (Lipinski definition) is 1. The van der Waals surface area contributed by atoms with Crippen LogP contribution in [0.1, 0.15) is 30.9 Å². The second-order valence-electron chi connectivity index (χ2n) is 5.11. The average molecular weight is 295 g/mol. The van der Waals surface area contributed by atoms with E-state index in [1.165, 1.54) is 6.07 Å². The van der Waals surface area contributed by atoms with Gasteiger partial charge in [-0.2, -0.15) is 13.2 Å². The predicted octanol–water partition coefficient (Wildman–Crippen LogP) is 5.20. The van der Waals surface area contributed by atoms with Gasteiger partial charge in [0.25, 0.3) is 0 Å². The number of benzene rings is 2. The number of alkyl halides is 3. The number of rotatable bonds is 3. The van der Waals surface area contributed by atoms with Crippen LogP contribution in [0.3, 0.4) is 0 Å². The highest BCUT2D eigenvalue weighted by molar-refractivity contribution is 5.49. The van der Waals surface area contributed by atoms with Crippen molar-refractivity contribution >= 4 is 5.69 Å². The van der Waals surface area contributed by atoms with Crippen LogP contribution in [0.25, 0.3) is 0 Å². The summed E-state index contributed by atoms with van der Waals surface area (Å²) in [7, 11) is 0. The molecule has 0 heterocycles. The third-order valence-corrected chi connectivity index (χ3v) is 3.04. The fraction of sp³-hybridized carbons (Fsp3) is 0.250. The van der Waals surface area contributed by atoms with E-state index in [1.807, 2.05) is 12.1 Å². The Labute approximate surface area is 121 Å². The number of nitrogen functional groups attached to an aromatic ring is 1. The number of anilines is 1. The fourth-order valence-corrected chi connectivity index (χ4v) is 1.90. The van der Waals surface area contributed by atoms with Gasteiger partial charge in [-0.3, -0.25) is 0 Å². The lowest BCUT2D eigenvalue weighted by molar-refractivity contribution is -0.137. The SMILES string of the molecule is CC(C)c1ccc(Oc2cc(N)cc(C(F)(F)F)c2)cc1. The topological polar surface area (TPSA) is 35.2 Å². The van der Waals surface area contributed by atoms with Gasteiger partial charge in [0, 0.05) is 11.8 Å². The van der Waals surface area contributed by atoms with Gasteiger partial charge in [0.2, 0.25) is 0 Å². The maximum absolute atomic E-state index is 12.7. The van der Waals surface area contributed by atoms with Crippen LogP contribution < -0.4 is 10.5 Å². The molecule has 2 nitrogen and oxygen atoms in total. The summed E-state index contributed by atoms with van der Waals surface area (Å²) in [6, 6.07) is 10.4. The molecule has 5 heteroatoms. The number of hydrogen-bond acceptors (Lipinski definition) is 2. The van der Waals surface area contributed by atoms with Gasteiger partial charge in [0.15, 0.2) is 0 Å². The molecule has 2 aromatic carbocycles. The van der Waals surface area contributed by atoms with Crippen LogP contribution in [0.15, 0.2) is 42.5 Å². The molecule has 0 atom stereocenters. The zero-order valence-corrected chi connectivity index (χ0v) is 11.7. The molecular weight excluding hydrogens is 279 g/mol. The highest BCUT2D eigenvalue weighted by Crippen LogP contribution is 2.34. The van der Waals surface area contributed by atoms with Crippen LogP contribution in [0, 0.1) is 0 Å². The van der Waals surface area contributed by atoms with Crippen molar-refractivity contribution in [2.45, 2.75) is 25.9 Å². The Morgan fingerprint density at radius 3 is 2.10 bits per heavy atom. The highest BCUT2D eigenvalue weighted by atomic mass is 19.4. The van der Waals surface area contributed by atoms with Crippen molar-refractivity contribution < 1.29 is 17.9 Å². The van der Waals surface area contributed by atoms with E-state index >= 15 is 0 Å². The van der Waals surface area contributed by atoms with Crippen molar-refractivity contribution in [1.82, 2.24) is 0 Å². The second-order valence-corrected chi connectivity index (χ2v) is 5.11. The molecule has 0 spiro atoms. The minimum Gasteiger partial charge on any atom is -0.457 e. The molecule has 0 aliphatic carbocycles. The summed E-state index contributed by atoms with van der Waals surface area (Å²) in [5, 5.41) is 0. The first-order chi connectivity index (χ1) is 9.75. The highest BCUT2D eigenvalue weighted by Gasteiger charge is 2.31. The quantitative estimate of drug-likeness (QED) is 0.789. The van der Waals surface area contributed by atoms with E-state index in [4.69, 9.17) is 10.5 Å². The van der Waals surface area contributed by atoms with Gasteiger partial charge in [-0.05, 0) is 35.7 Å². The van der Waals surface area contributed by atoms with Crippen molar-refractivity contribution in [1.29, 1.82) is 0 Å². The smallest absolute Gasteiger partial charge is 0.416 e. The molecule has 2 N–H and O–H groups in total. The summed E-state index contributed by atoms with van der Waals surface area (Å²) in [6.45, 7) is 4.12. The first-order valence-corrected chi connectivity index (χ1v) is 6.51.